The first kappa shape index (κ1) is 13.1. The molecule has 0 bridgehead atoms. The number of nitrogens with zero attached hydrogens (tertiary/aromatic N) is 1. The molecule has 2 rings (SSSR count). The SMILES string of the molecule is CCCNc1ncc(C(=O)c2ccccc2Cl)s1. The summed E-state index contributed by atoms with van der Waals surface area (Å²) in [6.45, 7) is 2.93. The smallest absolute Gasteiger partial charge is 0.206 e. The van der Waals surface area contributed by atoms with Gasteiger partial charge in [-0.2, -0.15) is 0 Å². The van der Waals surface area contributed by atoms with Crippen molar-refractivity contribution in [3.63, 3.8) is 0 Å². The third-order valence-corrected chi connectivity index (χ3v) is 3.66. The number of anilines is 1. The molecule has 0 saturated heterocycles. The van der Waals surface area contributed by atoms with Crippen LogP contribution in [0.15, 0.2) is 30.5 Å². The van der Waals surface area contributed by atoms with Gasteiger partial charge in [-0.05, 0) is 18.6 Å². The molecule has 0 aliphatic rings. The maximum absolute atomic E-state index is 12.2. The Kier molecular flexibility index (Phi) is 4.33. The van der Waals surface area contributed by atoms with E-state index in [0.717, 1.165) is 18.1 Å². The van der Waals surface area contributed by atoms with Crippen LogP contribution in [0.25, 0.3) is 0 Å². The van der Waals surface area contributed by atoms with E-state index >= 15 is 0 Å². The fourth-order valence-electron chi connectivity index (χ4n) is 1.47. The lowest BCUT2D eigenvalue weighted by Crippen LogP contribution is -1.99. The van der Waals surface area contributed by atoms with E-state index in [2.05, 4.69) is 17.2 Å². The zero-order chi connectivity index (χ0) is 13.0. The maximum atomic E-state index is 12.2. The van der Waals surface area contributed by atoms with Crippen LogP contribution in [0.3, 0.4) is 0 Å². The van der Waals surface area contributed by atoms with E-state index in [1.54, 1.807) is 30.5 Å². The number of carbonyl (C=O) groups is 1. The second-order valence-corrected chi connectivity index (χ2v) is 5.20. The number of hydrogen-bond donors (Lipinski definition) is 1. The van der Waals surface area contributed by atoms with E-state index < -0.39 is 0 Å². The predicted octanol–water partition coefficient (Wildman–Crippen LogP) is 3.85. The minimum atomic E-state index is -0.0809. The Labute approximate surface area is 115 Å². The van der Waals surface area contributed by atoms with Gasteiger partial charge in [-0.1, -0.05) is 42.0 Å². The van der Waals surface area contributed by atoms with Crippen molar-refractivity contribution in [3.8, 4) is 0 Å². The highest BCUT2D eigenvalue weighted by Gasteiger charge is 2.15. The molecule has 0 amide bonds. The normalized spacial score (nSPS) is 10.3. The topological polar surface area (TPSA) is 42.0 Å². The Morgan fingerprint density at radius 2 is 2.22 bits per heavy atom. The molecule has 1 aromatic heterocycles. The average Bonchev–Trinajstić information content (AvgIpc) is 2.85. The second-order valence-electron chi connectivity index (χ2n) is 3.77. The molecule has 0 aliphatic heterocycles. The molecular formula is C13H13ClN2OS. The molecule has 0 fully saturated rings. The highest BCUT2D eigenvalue weighted by molar-refractivity contribution is 7.17. The summed E-state index contributed by atoms with van der Waals surface area (Å²) in [5.74, 6) is -0.0809. The molecule has 2 aromatic rings. The van der Waals surface area contributed by atoms with Crippen LogP contribution in [0.2, 0.25) is 5.02 Å². The molecule has 0 atom stereocenters. The number of ketones is 1. The van der Waals surface area contributed by atoms with Crippen molar-refractivity contribution in [3.05, 3.63) is 45.9 Å². The van der Waals surface area contributed by atoms with Crippen LogP contribution < -0.4 is 5.32 Å². The first-order valence-electron chi connectivity index (χ1n) is 5.71. The van der Waals surface area contributed by atoms with Gasteiger partial charge >= 0.3 is 0 Å². The summed E-state index contributed by atoms with van der Waals surface area (Å²) in [6, 6.07) is 7.05. The number of nitrogens with one attached hydrogen (secondary N) is 1. The molecule has 0 unspecified atom stereocenters. The minimum Gasteiger partial charge on any atom is -0.362 e. The van der Waals surface area contributed by atoms with Gasteiger partial charge in [0, 0.05) is 12.1 Å². The van der Waals surface area contributed by atoms with Crippen molar-refractivity contribution in [1.82, 2.24) is 4.98 Å². The number of aromatic nitrogens is 1. The molecule has 0 aliphatic carbocycles. The van der Waals surface area contributed by atoms with Gasteiger partial charge in [0.15, 0.2) is 5.13 Å². The van der Waals surface area contributed by atoms with Gasteiger partial charge in [0.1, 0.15) is 0 Å². The summed E-state index contributed by atoms with van der Waals surface area (Å²) in [6.07, 6.45) is 2.61. The number of hydrogen-bond acceptors (Lipinski definition) is 4. The summed E-state index contributed by atoms with van der Waals surface area (Å²) < 4.78 is 0. The predicted molar refractivity (Wildman–Crippen MR) is 75.8 cm³/mol. The van der Waals surface area contributed by atoms with E-state index in [9.17, 15) is 4.79 Å². The Morgan fingerprint density at radius 1 is 1.44 bits per heavy atom. The standard InChI is InChI=1S/C13H13ClN2OS/c1-2-7-15-13-16-8-11(18-13)12(17)9-5-3-4-6-10(9)14/h3-6,8H,2,7H2,1H3,(H,15,16). The highest BCUT2D eigenvalue weighted by Crippen LogP contribution is 2.24. The molecule has 3 nitrogen and oxygen atoms in total. The second kappa shape index (κ2) is 5.98. The minimum absolute atomic E-state index is 0.0809. The lowest BCUT2D eigenvalue weighted by Gasteiger charge is -2.00. The van der Waals surface area contributed by atoms with Crippen molar-refractivity contribution in [1.29, 1.82) is 0 Å². The van der Waals surface area contributed by atoms with Gasteiger partial charge in [0.05, 0.1) is 16.1 Å². The molecule has 1 N–H and O–H groups in total. The van der Waals surface area contributed by atoms with Crippen LogP contribution in [0.4, 0.5) is 5.13 Å². The van der Waals surface area contributed by atoms with E-state index in [1.165, 1.54) is 11.3 Å². The molecule has 0 saturated carbocycles. The van der Waals surface area contributed by atoms with E-state index in [0.29, 0.717) is 15.5 Å². The Morgan fingerprint density at radius 3 is 2.94 bits per heavy atom. The Balaban J connectivity index is 2.19. The van der Waals surface area contributed by atoms with Gasteiger partial charge in [-0.3, -0.25) is 4.79 Å². The van der Waals surface area contributed by atoms with Crippen LogP contribution in [-0.4, -0.2) is 17.3 Å². The quantitative estimate of drug-likeness (QED) is 0.846. The van der Waals surface area contributed by atoms with Crippen molar-refractivity contribution >= 4 is 33.9 Å². The molecule has 0 spiro atoms. The number of rotatable bonds is 5. The van der Waals surface area contributed by atoms with Crippen LogP contribution >= 0.6 is 22.9 Å². The molecule has 1 heterocycles. The third kappa shape index (κ3) is 2.89. The van der Waals surface area contributed by atoms with Crippen molar-refractivity contribution in [2.45, 2.75) is 13.3 Å². The summed E-state index contributed by atoms with van der Waals surface area (Å²) in [4.78, 5) is 17.0. The van der Waals surface area contributed by atoms with Crippen molar-refractivity contribution < 1.29 is 4.79 Å². The number of carbonyl (C=O) groups excluding carboxylic acids is 1. The average molecular weight is 281 g/mol. The summed E-state index contributed by atoms with van der Waals surface area (Å²) in [5, 5.41) is 4.40. The molecule has 18 heavy (non-hydrogen) atoms. The summed E-state index contributed by atoms with van der Waals surface area (Å²) in [5.41, 5.74) is 0.518. The van der Waals surface area contributed by atoms with Gasteiger partial charge in [0.2, 0.25) is 5.78 Å². The van der Waals surface area contributed by atoms with E-state index in [1.807, 2.05) is 0 Å². The van der Waals surface area contributed by atoms with Crippen molar-refractivity contribution in [2.75, 3.05) is 11.9 Å². The van der Waals surface area contributed by atoms with Gasteiger partial charge in [-0.15, -0.1) is 0 Å². The van der Waals surface area contributed by atoms with Gasteiger partial charge < -0.3 is 5.32 Å². The molecule has 0 radical (unpaired) electrons. The lowest BCUT2D eigenvalue weighted by atomic mass is 10.1. The first-order chi connectivity index (χ1) is 8.72. The van der Waals surface area contributed by atoms with Gasteiger partial charge in [0.25, 0.3) is 0 Å². The monoisotopic (exact) mass is 280 g/mol. The zero-order valence-electron chi connectivity index (χ0n) is 9.94. The van der Waals surface area contributed by atoms with Crippen LogP contribution in [0.5, 0.6) is 0 Å². The molecular weight excluding hydrogens is 268 g/mol. The number of thiazole rings is 1. The highest BCUT2D eigenvalue weighted by atomic mass is 35.5. The largest absolute Gasteiger partial charge is 0.362 e. The fourth-order valence-corrected chi connectivity index (χ4v) is 2.49. The zero-order valence-corrected chi connectivity index (χ0v) is 11.5. The Hall–Kier alpha value is -1.39. The molecule has 94 valence electrons. The summed E-state index contributed by atoms with van der Waals surface area (Å²) >= 11 is 7.36. The number of halogens is 1. The van der Waals surface area contributed by atoms with Crippen LogP contribution in [0.1, 0.15) is 28.6 Å². The lowest BCUT2D eigenvalue weighted by molar-refractivity contribution is 0.104. The fraction of sp³-hybridized carbons (Fsp3) is 0.231. The Bertz CT molecular complexity index is 553. The third-order valence-electron chi connectivity index (χ3n) is 2.37. The maximum Gasteiger partial charge on any atom is 0.206 e. The van der Waals surface area contributed by atoms with Crippen LogP contribution in [-0.2, 0) is 0 Å². The van der Waals surface area contributed by atoms with E-state index in [-0.39, 0.29) is 5.78 Å². The summed E-state index contributed by atoms with van der Waals surface area (Å²) in [7, 11) is 0. The number of benzene rings is 1. The van der Waals surface area contributed by atoms with Crippen molar-refractivity contribution in [2.24, 2.45) is 0 Å². The van der Waals surface area contributed by atoms with E-state index in [4.69, 9.17) is 11.6 Å². The molecule has 5 heteroatoms. The molecule has 1 aromatic carbocycles. The van der Waals surface area contributed by atoms with Gasteiger partial charge in [-0.25, -0.2) is 4.98 Å². The van der Waals surface area contributed by atoms with Crippen LogP contribution in [0, 0.1) is 0 Å². The first-order valence-corrected chi connectivity index (χ1v) is 6.90.